The standard InChI is InChI=1S/C12H16F3N3/c1-8-17-10(6-9-4-2-3-5-16-9)7-11(18-8)12(13,14)15/h7,9,16H,2-6H2,1H3. The van der Waals surface area contributed by atoms with Crippen LogP contribution < -0.4 is 5.32 Å². The van der Waals surface area contributed by atoms with Gasteiger partial charge in [0.2, 0.25) is 0 Å². The highest BCUT2D eigenvalue weighted by Crippen LogP contribution is 2.28. The zero-order chi connectivity index (χ0) is 13.2. The lowest BCUT2D eigenvalue weighted by Gasteiger charge is -2.23. The van der Waals surface area contributed by atoms with Crippen LogP contribution in [0.2, 0.25) is 0 Å². The summed E-state index contributed by atoms with van der Waals surface area (Å²) in [6.45, 7) is 2.42. The summed E-state index contributed by atoms with van der Waals surface area (Å²) in [6, 6.07) is 1.29. The molecule has 1 N–H and O–H groups in total. The van der Waals surface area contributed by atoms with Crippen molar-refractivity contribution in [2.24, 2.45) is 0 Å². The zero-order valence-electron chi connectivity index (χ0n) is 10.2. The Kier molecular flexibility index (Phi) is 3.85. The third kappa shape index (κ3) is 3.41. The minimum atomic E-state index is -4.40. The Bertz CT molecular complexity index is 412. The van der Waals surface area contributed by atoms with Gasteiger partial charge in [0.1, 0.15) is 11.5 Å². The van der Waals surface area contributed by atoms with E-state index in [4.69, 9.17) is 0 Å². The van der Waals surface area contributed by atoms with Crippen LogP contribution in [0.15, 0.2) is 6.07 Å². The second-order valence-electron chi connectivity index (χ2n) is 4.64. The topological polar surface area (TPSA) is 37.8 Å². The fourth-order valence-electron chi connectivity index (χ4n) is 2.23. The van der Waals surface area contributed by atoms with E-state index in [9.17, 15) is 13.2 Å². The molecule has 1 atom stereocenters. The van der Waals surface area contributed by atoms with E-state index in [1.165, 1.54) is 6.92 Å². The molecule has 1 aromatic heterocycles. The first-order chi connectivity index (χ1) is 8.45. The Balaban J connectivity index is 2.14. The van der Waals surface area contributed by atoms with Crippen LogP contribution in [-0.2, 0) is 12.6 Å². The summed E-state index contributed by atoms with van der Waals surface area (Å²) in [6.07, 6.45) is -0.625. The molecular formula is C12H16F3N3. The monoisotopic (exact) mass is 259 g/mol. The maximum Gasteiger partial charge on any atom is 0.433 e. The molecule has 0 spiro atoms. The van der Waals surface area contributed by atoms with Crippen LogP contribution in [0, 0.1) is 6.92 Å². The van der Waals surface area contributed by atoms with E-state index < -0.39 is 11.9 Å². The summed E-state index contributed by atoms with van der Waals surface area (Å²) < 4.78 is 37.9. The van der Waals surface area contributed by atoms with Gasteiger partial charge in [-0.15, -0.1) is 0 Å². The number of nitrogens with one attached hydrogen (secondary N) is 1. The molecule has 2 rings (SSSR count). The lowest BCUT2D eigenvalue weighted by atomic mass is 10.0. The molecular weight excluding hydrogens is 243 g/mol. The molecule has 1 aliphatic heterocycles. The molecule has 0 radical (unpaired) electrons. The maximum atomic E-state index is 12.6. The molecule has 1 unspecified atom stereocenters. The van der Waals surface area contributed by atoms with Crippen molar-refractivity contribution in [3.8, 4) is 0 Å². The van der Waals surface area contributed by atoms with E-state index >= 15 is 0 Å². The number of hydrogen-bond acceptors (Lipinski definition) is 3. The van der Waals surface area contributed by atoms with Gasteiger partial charge in [-0.25, -0.2) is 9.97 Å². The quantitative estimate of drug-likeness (QED) is 0.886. The van der Waals surface area contributed by atoms with E-state index in [0.717, 1.165) is 31.9 Å². The zero-order valence-corrected chi connectivity index (χ0v) is 10.2. The van der Waals surface area contributed by atoms with Crippen LogP contribution in [0.1, 0.15) is 36.5 Å². The highest BCUT2D eigenvalue weighted by Gasteiger charge is 2.33. The molecule has 2 heterocycles. The van der Waals surface area contributed by atoms with Gasteiger partial charge in [0.25, 0.3) is 0 Å². The van der Waals surface area contributed by atoms with Gasteiger partial charge in [0.05, 0.1) is 0 Å². The fourth-order valence-corrected chi connectivity index (χ4v) is 2.23. The van der Waals surface area contributed by atoms with Crippen LogP contribution in [0.3, 0.4) is 0 Å². The van der Waals surface area contributed by atoms with Gasteiger partial charge < -0.3 is 5.32 Å². The molecule has 0 amide bonds. The normalized spacial score (nSPS) is 21.0. The van der Waals surface area contributed by atoms with Gasteiger partial charge in [-0.3, -0.25) is 0 Å². The first-order valence-corrected chi connectivity index (χ1v) is 6.10. The van der Waals surface area contributed by atoms with Gasteiger partial charge in [-0.2, -0.15) is 13.2 Å². The highest BCUT2D eigenvalue weighted by molar-refractivity contribution is 5.15. The number of aromatic nitrogens is 2. The lowest BCUT2D eigenvalue weighted by molar-refractivity contribution is -0.141. The molecule has 100 valence electrons. The summed E-state index contributed by atoms with van der Waals surface area (Å²) in [4.78, 5) is 7.53. The highest BCUT2D eigenvalue weighted by atomic mass is 19.4. The van der Waals surface area contributed by atoms with Gasteiger partial charge >= 0.3 is 6.18 Å². The summed E-state index contributed by atoms with van der Waals surface area (Å²) in [5, 5.41) is 3.30. The van der Waals surface area contributed by atoms with E-state index in [1.807, 2.05) is 0 Å². The Morgan fingerprint density at radius 1 is 1.33 bits per heavy atom. The van der Waals surface area contributed by atoms with E-state index in [2.05, 4.69) is 15.3 Å². The summed E-state index contributed by atoms with van der Waals surface area (Å²) in [7, 11) is 0. The molecule has 1 aliphatic rings. The molecule has 0 aliphatic carbocycles. The van der Waals surface area contributed by atoms with Crippen LogP contribution in [0.25, 0.3) is 0 Å². The molecule has 3 nitrogen and oxygen atoms in total. The summed E-state index contributed by atoms with van der Waals surface area (Å²) in [5.74, 6) is 0.177. The van der Waals surface area contributed by atoms with Crippen molar-refractivity contribution in [1.29, 1.82) is 0 Å². The lowest BCUT2D eigenvalue weighted by Crippen LogP contribution is -2.36. The van der Waals surface area contributed by atoms with Crippen molar-refractivity contribution >= 4 is 0 Å². The van der Waals surface area contributed by atoms with Gasteiger partial charge in [-0.1, -0.05) is 6.42 Å². The number of rotatable bonds is 2. The molecule has 18 heavy (non-hydrogen) atoms. The Hall–Kier alpha value is -1.17. The van der Waals surface area contributed by atoms with Crippen molar-refractivity contribution in [3.05, 3.63) is 23.3 Å². The van der Waals surface area contributed by atoms with E-state index in [0.29, 0.717) is 12.1 Å². The first-order valence-electron chi connectivity index (χ1n) is 6.10. The minimum absolute atomic E-state index is 0.177. The van der Waals surface area contributed by atoms with Crippen LogP contribution in [0.5, 0.6) is 0 Å². The van der Waals surface area contributed by atoms with Crippen molar-refractivity contribution in [1.82, 2.24) is 15.3 Å². The Morgan fingerprint density at radius 2 is 2.11 bits per heavy atom. The Morgan fingerprint density at radius 3 is 2.72 bits per heavy atom. The first kappa shape index (κ1) is 13.3. The molecule has 6 heteroatoms. The summed E-state index contributed by atoms with van der Waals surface area (Å²) >= 11 is 0. The van der Waals surface area contributed by atoms with Crippen LogP contribution in [0.4, 0.5) is 13.2 Å². The average Bonchev–Trinajstić information content (AvgIpc) is 2.28. The Labute approximate surface area is 104 Å². The van der Waals surface area contributed by atoms with Crippen LogP contribution >= 0.6 is 0 Å². The average molecular weight is 259 g/mol. The summed E-state index contributed by atoms with van der Waals surface area (Å²) in [5.41, 5.74) is -0.380. The largest absolute Gasteiger partial charge is 0.433 e. The number of hydrogen-bond donors (Lipinski definition) is 1. The van der Waals surface area contributed by atoms with E-state index in [1.54, 1.807) is 0 Å². The van der Waals surface area contributed by atoms with Crippen LogP contribution in [-0.4, -0.2) is 22.6 Å². The van der Waals surface area contributed by atoms with Crippen molar-refractivity contribution in [2.75, 3.05) is 6.54 Å². The van der Waals surface area contributed by atoms with Crippen molar-refractivity contribution in [3.63, 3.8) is 0 Å². The predicted octanol–water partition coefficient (Wildman–Crippen LogP) is 2.49. The van der Waals surface area contributed by atoms with E-state index in [-0.39, 0.29) is 11.9 Å². The number of aryl methyl sites for hydroxylation is 1. The number of alkyl halides is 3. The number of halogens is 3. The number of piperidine rings is 1. The fraction of sp³-hybridized carbons (Fsp3) is 0.667. The van der Waals surface area contributed by atoms with Crippen molar-refractivity contribution in [2.45, 2.75) is 44.8 Å². The van der Waals surface area contributed by atoms with Gasteiger partial charge in [-0.05, 0) is 32.4 Å². The molecule has 1 saturated heterocycles. The second kappa shape index (κ2) is 5.22. The second-order valence-corrected chi connectivity index (χ2v) is 4.64. The van der Waals surface area contributed by atoms with Gasteiger partial charge in [0.15, 0.2) is 0 Å². The molecule has 1 fully saturated rings. The molecule has 0 aromatic carbocycles. The molecule has 0 saturated carbocycles. The van der Waals surface area contributed by atoms with Crippen molar-refractivity contribution < 1.29 is 13.2 Å². The molecule has 1 aromatic rings. The predicted molar refractivity (Wildman–Crippen MR) is 61.1 cm³/mol. The SMILES string of the molecule is Cc1nc(CC2CCCCN2)cc(C(F)(F)F)n1. The third-order valence-electron chi connectivity index (χ3n) is 3.05. The minimum Gasteiger partial charge on any atom is -0.314 e. The third-order valence-corrected chi connectivity index (χ3v) is 3.05. The smallest absolute Gasteiger partial charge is 0.314 e. The maximum absolute atomic E-state index is 12.6. The van der Waals surface area contributed by atoms with Gasteiger partial charge in [0, 0.05) is 18.2 Å². The molecule has 0 bridgehead atoms. The number of nitrogens with zero attached hydrogens (tertiary/aromatic N) is 2.